The smallest absolute Gasteiger partial charge is 0.0947 e. The van der Waals surface area contributed by atoms with Gasteiger partial charge in [0.1, 0.15) is 0 Å². The van der Waals surface area contributed by atoms with Gasteiger partial charge in [-0.05, 0) is 97.7 Å². The minimum Gasteiger partial charge on any atom is -0.351 e. The Bertz CT molecular complexity index is 837. The molecule has 1 aliphatic carbocycles. The summed E-state index contributed by atoms with van der Waals surface area (Å²) in [6, 6.07) is 7.74. The summed E-state index contributed by atoms with van der Waals surface area (Å²) in [7, 11) is 0. The predicted molar refractivity (Wildman–Crippen MR) is 164 cm³/mol. The standard InChI is InChI=1S/C35H58N2/c1-9-26(10-2)30-19-17-20-31(27(11-3)12-4)34(30)36-23-24-37(25-36)35-32(28(13-5)14-6)21-18-22-33(35)29(15-7)16-8/h17,19-21,23-24,26-29,33,35H,9-16,18,22,25H2,1-8H3/t33-,35-/m0/s1. The van der Waals surface area contributed by atoms with Gasteiger partial charge < -0.3 is 9.80 Å². The summed E-state index contributed by atoms with van der Waals surface area (Å²) in [5.74, 6) is 3.52. The molecule has 3 rings (SSSR count). The van der Waals surface area contributed by atoms with E-state index in [1.54, 1.807) is 16.7 Å². The molecule has 1 aromatic rings. The Morgan fingerprint density at radius 2 is 1.24 bits per heavy atom. The van der Waals surface area contributed by atoms with Gasteiger partial charge >= 0.3 is 0 Å². The SMILES string of the molecule is CCC(CC)C1=CCC[C@@H](C(CC)CC)[C@H]1N1C=CN(c2c(C(CC)CC)cccc2C(CC)CC)C1. The van der Waals surface area contributed by atoms with Gasteiger partial charge in [-0.1, -0.05) is 92.5 Å². The van der Waals surface area contributed by atoms with Crippen molar-refractivity contribution in [2.45, 2.75) is 137 Å². The third-order valence-electron chi connectivity index (χ3n) is 10.1. The highest BCUT2D eigenvalue weighted by Gasteiger charge is 2.39. The van der Waals surface area contributed by atoms with Gasteiger partial charge in [-0.3, -0.25) is 0 Å². The molecule has 0 fully saturated rings. The highest BCUT2D eigenvalue weighted by atomic mass is 15.4. The lowest BCUT2D eigenvalue weighted by atomic mass is 9.70. The van der Waals surface area contributed by atoms with E-state index in [0.29, 0.717) is 23.8 Å². The summed E-state index contributed by atoms with van der Waals surface area (Å²) < 4.78 is 0. The summed E-state index contributed by atoms with van der Waals surface area (Å²) in [4.78, 5) is 5.37. The maximum absolute atomic E-state index is 2.74. The summed E-state index contributed by atoms with van der Waals surface area (Å²) in [6.07, 6.45) is 20.1. The van der Waals surface area contributed by atoms with Crippen molar-refractivity contribution in [1.29, 1.82) is 0 Å². The third kappa shape index (κ3) is 6.31. The van der Waals surface area contributed by atoms with E-state index < -0.39 is 0 Å². The molecule has 1 aliphatic heterocycles. The highest BCUT2D eigenvalue weighted by molar-refractivity contribution is 5.64. The van der Waals surface area contributed by atoms with Crippen molar-refractivity contribution in [1.82, 2.24) is 4.90 Å². The molecule has 37 heavy (non-hydrogen) atoms. The highest BCUT2D eigenvalue weighted by Crippen LogP contribution is 2.45. The lowest BCUT2D eigenvalue weighted by Crippen LogP contribution is -2.46. The van der Waals surface area contributed by atoms with Gasteiger partial charge in [0.15, 0.2) is 0 Å². The zero-order valence-corrected chi connectivity index (χ0v) is 25.6. The van der Waals surface area contributed by atoms with E-state index in [-0.39, 0.29) is 0 Å². The van der Waals surface area contributed by atoms with Gasteiger partial charge in [-0.15, -0.1) is 0 Å². The molecule has 1 aromatic carbocycles. The number of hydrogen-bond donors (Lipinski definition) is 0. The molecule has 0 unspecified atom stereocenters. The Morgan fingerprint density at radius 1 is 0.703 bits per heavy atom. The van der Waals surface area contributed by atoms with Gasteiger partial charge in [0.25, 0.3) is 0 Å². The molecule has 0 N–H and O–H groups in total. The van der Waals surface area contributed by atoms with Crippen LogP contribution in [0.15, 0.2) is 42.2 Å². The van der Waals surface area contributed by atoms with Crippen LogP contribution in [0.1, 0.15) is 143 Å². The van der Waals surface area contributed by atoms with Crippen LogP contribution in [0.25, 0.3) is 0 Å². The Balaban J connectivity index is 2.04. The van der Waals surface area contributed by atoms with Crippen molar-refractivity contribution in [2.75, 3.05) is 11.6 Å². The van der Waals surface area contributed by atoms with E-state index in [9.17, 15) is 0 Å². The first-order valence-corrected chi connectivity index (χ1v) is 16.1. The number of hydrogen-bond acceptors (Lipinski definition) is 2. The normalized spacial score (nSPS) is 20.3. The Hall–Kier alpha value is -1.70. The minimum atomic E-state index is 0.543. The van der Waals surface area contributed by atoms with Crippen LogP contribution in [-0.2, 0) is 0 Å². The lowest BCUT2D eigenvalue weighted by Gasteiger charge is -2.45. The summed E-state index contributed by atoms with van der Waals surface area (Å²) in [5.41, 5.74) is 6.40. The largest absolute Gasteiger partial charge is 0.351 e. The average molecular weight is 507 g/mol. The van der Waals surface area contributed by atoms with E-state index in [1.807, 2.05) is 0 Å². The number of benzene rings is 1. The molecule has 0 spiro atoms. The van der Waals surface area contributed by atoms with E-state index in [4.69, 9.17) is 0 Å². The van der Waals surface area contributed by atoms with E-state index in [1.165, 1.54) is 69.9 Å². The Labute approximate surface area is 230 Å². The fourth-order valence-corrected chi connectivity index (χ4v) is 7.75. The fourth-order valence-electron chi connectivity index (χ4n) is 7.75. The maximum atomic E-state index is 2.74. The molecule has 208 valence electrons. The fraction of sp³-hybridized carbons (Fsp3) is 0.714. The molecule has 2 nitrogen and oxygen atoms in total. The second-order valence-corrected chi connectivity index (χ2v) is 11.7. The van der Waals surface area contributed by atoms with Crippen LogP contribution in [-0.4, -0.2) is 17.6 Å². The molecule has 0 bridgehead atoms. The van der Waals surface area contributed by atoms with Crippen LogP contribution in [0.5, 0.6) is 0 Å². The lowest BCUT2D eigenvalue weighted by molar-refractivity contribution is 0.148. The predicted octanol–water partition coefficient (Wildman–Crippen LogP) is 10.6. The first kappa shape index (κ1) is 29.9. The zero-order chi connectivity index (χ0) is 26.9. The number of anilines is 1. The van der Waals surface area contributed by atoms with E-state index in [0.717, 1.165) is 18.5 Å². The van der Waals surface area contributed by atoms with Crippen LogP contribution >= 0.6 is 0 Å². The molecular formula is C35H58N2. The van der Waals surface area contributed by atoms with Crippen LogP contribution in [0.2, 0.25) is 0 Å². The molecule has 2 heteroatoms. The van der Waals surface area contributed by atoms with Crippen molar-refractivity contribution < 1.29 is 0 Å². The summed E-state index contributed by atoms with van der Waals surface area (Å²) in [5, 5.41) is 0. The molecule has 0 aromatic heterocycles. The third-order valence-corrected chi connectivity index (χ3v) is 10.1. The second kappa shape index (κ2) is 14.5. The molecule has 0 saturated heterocycles. The van der Waals surface area contributed by atoms with Gasteiger partial charge in [-0.25, -0.2) is 0 Å². The van der Waals surface area contributed by atoms with Crippen molar-refractivity contribution in [3.63, 3.8) is 0 Å². The number of rotatable bonds is 14. The van der Waals surface area contributed by atoms with Crippen LogP contribution in [0.3, 0.4) is 0 Å². The van der Waals surface area contributed by atoms with Gasteiger partial charge in [-0.2, -0.15) is 0 Å². The van der Waals surface area contributed by atoms with Crippen LogP contribution < -0.4 is 4.90 Å². The van der Waals surface area contributed by atoms with Crippen molar-refractivity contribution >= 4 is 5.69 Å². The van der Waals surface area contributed by atoms with Gasteiger partial charge in [0.05, 0.1) is 12.7 Å². The van der Waals surface area contributed by atoms with Crippen molar-refractivity contribution in [3.05, 3.63) is 53.4 Å². The Morgan fingerprint density at radius 3 is 1.73 bits per heavy atom. The molecule has 0 saturated carbocycles. The van der Waals surface area contributed by atoms with Crippen molar-refractivity contribution in [2.24, 2.45) is 17.8 Å². The van der Waals surface area contributed by atoms with E-state index in [2.05, 4.69) is 102 Å². The van der Waals surface area contributed by atoms with E-state index >= 15 is 0 Å². The van der Waals surface area contributed by atoms with Crippen LogP contribution in [0, 0.1) is 17.8 Å². The zero-order valence-electron chi connectivity index (χ0n) is 25.6. The number of nitrogens with zero attached hydrogens (tertiary/aromatic N) is 2. The first-order valence-electron chi connectivity index (χ1n) is 16.1. The number of allylic oxidation sites excluding steroid dienone is 1. The summed E-state index contributed by atoms with van der Waals surface area (Å²) in [6.45, 7) is 20.1. The van der Waals surface area contributed by atoms with Crippen LogP contribution in [0.4, 0.5) is 5.69 Å². The minimum absolute atomic E-state index is 0.543. The maximum Gasteiger partial charge on any atom is 0.0947 e. The second-order valence-electron chi connectivity index (χ2n) is 11.7. The molecule has 1 heterocycles. The quantitative estimate of drug-likeness (QED) is 0.231. The van der Waals surface area contributed by atoms with Crippen molar-refractivity contribution in [3.8, 4) is 0 Å². The van der Waals surface area contributed by atoms with Gasteiger partial charge in [0.2, 0.25) is 0 Å². The first-order chi connectivity index (χ1) is 18.0. The molecule has 0 radical (unpaired) electrons. The number of para-hydroxylation sites is 1. The molecule has 2 aliphatic rings. The van der Waals surface area contributed by atoms with Gasteiger partial charge in [0, 0.05) is 18.1 Å². The average Bonchev–Trinajstić information content (AvgIpc) is 3.41. The Kier molecular flexibility index (Phi) is 11.7. The topological polar surface area (TPSA) is 6.48 Å². The monoisotopic (exact) mass is 506 g/mol. The molecule has 2 atom stereocenters. The molecule has 0 amide bonds. The summed E-state index contributed by atoms with van der Waals surface area (Å²) >= 11 is 0. The molecular weight excluding hydrogens is 448 g/mol.